The number of pyridine rings is 2. The number of anilines is 3. The lowest BCUT2D eigenvalue weighted by molar-refractivity contribution is 0.00834. The van der Waals surface area contributed by atoms with E-state index in [1.54, 1.807) is 38.2 Å². The van der Waals surface area contributed by atoms with Gasteiger partial charge in [0.25, 0.3) is 5.89 Å². The number of ether oxygens (including phenoxy) is 1. The summed E-state index contributed by atoms with van der Waals surface area (Å²) in [6.07, 6.45) is 2.84. The summed E-state index contributed by atoms with van der Waals surface area (Å²) in [4.78, 5) is 21.1. The second-order valence-electron chi connectivity index (χ2n) is 8.27. The third kappa shape index (κ3) is 4.06. The van der Waals surface area contributed by atoms with Crippen LogP contribution in [-0.4, -0.2) is 37.8 Å². The molecule has 0 bridgehead atoms. The van der Waals surface area contributed by atoms with E-state index >= 15 is 0 Å². The maximum atomic E-state index is 12.0. The third-order valence-corrected chi connectivity index (χ3v) is 5.50. The van der Waals surface area contributed by atoms with E-state index in [0.717, 1.165) is 5.56 Å². The molecule has 1 aliphatic rings. The Balaban J connectivity index is 1.48. The second kappa shape index (κ2) is 8.56. The summed E-state index contributed by atoms with van der Waals surface area (Å²) in [6, 6.07) is 14.4. The number of nitrogens with zero attached hydrogens (tertiary/aromatic N) is 4. The summed E-state index contributed by atoms with van der Waals surface area (Å²) >= 11 is 0. The predicted molar refractivity (Wildman–Crippen MR) is 123 cm³/mol. The lowest BCUT2D eigenvalue weighted by atomic mass is 10.0. The number of esters is 1. The van der Waals surface area contributed by atoms with Gasteiger partial charge in [-0.25, -0.2) is 14.8 Å². The predicted octanol–water partition coefficient (Wildman–Crippen LogP) is 3.82. The first-order valence-corrected chi connectivity index (χ1v) is 10.7. The highest BCUT2D eigenvalue weighted by Crippen LogP contribution is 2.36. The van der Waals surface area contributed by atoms with Crippen molar-refractivity contribution in [1.29, 1.82) is 0 Å². The smallest absolute Gasteiger partial charge is 0.341 e. The Morgan fingerprint density at radius 3 is 2.65 bits per heavy atom. The highest BCUT2D eigenvalue weighted by atomic mass is 16.6. The Bertz CT molecular complexity index is 1320. The molecule has 0 fully saturated rings. The fourth-order valence-corrected chi connectivity index (χ4v) is 3.83. The van der Waals surface area contributed by atoms with Gasteiger partial charge in [-0.15, -0.1) is 10.2 Å². The molecule has 0 saturated carbocycles. The van der Waals surface area contributed by atoms with Gasteiger partial charge in [0, 0.05) is 12.3 Å². The van der Waals surface area contributed by atoms with E-state index < -0.39 is 5.60 Å². The Morgan fingerprint density at radius 2 is 1.91 bits per heavy atom. The number of hydrogen-bond donors (Lipinski definition) is 3. The topological polar surface area (TPSA) is 135 Å². The Labute approximate surface area is 195 Å². The molecule has 5 rings (SSSR count). The van der Waals surface area contributed by atoms with Gasteiger partial charge >= 0.3 is 5.97 Å². The van der Waals surface area contributed by atoms with Gasteiger partial charge in [-0.05, 0) is 31.5 Å². The van der Waals surface area contributed by atoms with Crippen molar-refractivity contribution in [2.24, 2.45) is 0 Å². The molecule has 0 spiro atoms. The zero-order chi connectivity index (χ0) is 23.7. The van der Waals surface area contributed by atoms with Gasteiger partial charge in [0.1, 0.15) is 22.9 Å². The highest BCUT2D eigenvalue weighted by Gasteiger charge is 2.39. The van der Waals surface area contributed by atoms with Crippen LogP contribution in [0.3, 0.4) is 0 Å². The number of cyclic esters (lactones) is 1. The van der Waals surface area contributed by atoms with E-state index in [0.29, 0.717) is 40.0 Å². The average molecular weight is 458 g/mol. The normalized spacial score (nSPS) is 14.9. The van der Waals surface area contributed by atoms with Gasteiger partial charge in [-0.3, -0.25) is 0 Å². The van der Waals surface area contributed by atoms with Crippen LogP contribution in [0.2, 0.25) is 0 Å². The van der Waals surface area contributed by atoms with Crippen molar-refractivity contribution in [3.05, 3.63) is 77.9 Å². The molecular weight excluding hydrogens is 436 g/mol. The van der Waals surface area contributed by atoms with Crippen molar-refractivity contribution < 1.29 is 19.1 Å². The zero-order valence-electron chi connectivity index (χ0n) is 18.5. The molecule has 0 unspecified atom stereocenters. The molecule has 0 saturated heterocycles. The average Bonchev–Trinajstić information content (AvgIpc) is 3.44. The molecule has 3 aromatic heterocycles. The molecule has 172 valence electrons. The summed E-state index contributed by atoms with van der Waals surface area (Å²) in [5.41, 5.74) is 2.33. The fourth-order valence-electron chi connectivity index (χ4n) is 3.83. The molecular formula is C24H22N6O4. The van der Waals surface area contributed by atoms with Crippen molar-refractivity contribution in [2.75, 3.05) is 17.2 Å². The van der Waals surface area contributed by atoms with Crippen molar-refractivity contribution in [1.82, 2.24) is 20.2 Å². The number of benzene rings is 1. The van der Waals surface area contributed by atoms with E-state index in [9.17, 15) is 9.90 Å². The minimum atomic E-state index is -0.809. The van der Waals surface area contributed by atoms with Gasteiger partial charge in [-0.1, -0.05) is 30.3 Å². The van der Waals surface area contributed by atoms with Gasteiger partial charge in [0.05, 0.1) is 29.5 Å². The van der Waals surface area contributed by atoms with Crippen molar-refractivity contribution in [2.45, 2.75) is 25.5 Å². The highest BCUT2D eigenvalue weighted by molar-refractivity contribution is 5.94. The van der Waals surface area contributed by atoms with Gasteiger partial charge in [-0.2, -0.15) is 0 Å². The molecule has 0 amide bonds. The fraction of sp³-hybridized carbons (Fsp3) is 0.208. The Hall–Kier alpha value is -4.31. The van der Waals surface area contributed by atoms with Crippen LogP contribution in [0.25, 0.3) is 11.5 Å². The minimum absolute atomic E-state index is 0.131. The van der Waals surface area contributed by atoms with E-state index in [1.807, 2.05) is 30.3 Å². The van der Waals surface area contributed by atoms with Crippen LogP contribution < -0.4 is 10.6 Å². The van der Waals surface area contributed by atoms with Crippen molar-refractivity contribution >= 4 is 23.3 Å². The molecule has 1 aliphatic heterocycles. The molecule has 34 heavy (non-hydrogen) atoms. The molecule has 1 aromatic carbocycles. The minimum Gasteiger partial charge on any atom is -0.449 e. The largest absolute Gasteiger partial charge is 0.449 e. The van der Waals surface area contributed by atoms with Crippen molar-refractivity contribution in [3.63, 3.8) is 0 Å². The number of rotatable bonds is 7. The maximum Gasteiger partial charge on any atom is 0.341 e. The number of carbonyl (C=O) groups is 1. The number of aliphatic hydroxyl groups excluding tert-OH is 1. The van der Waals surface area contributed by atoms with Crippen LogP contribution in [-0.2, 0) is 10.3 Å². The van der Waals surface area contributed by atoms with Gasteiger partial charge < -0.3 is 24.9 Å². The van der Waals surface area contributed by atoms with Crippen LogP contribution in [0, 0.1) is 0 Å². The first-order chi connectivity index (χ1) is 16.4. The summed E-state index contributed by atoms with van der Waals surface area (Å²) in [7, 11) is 0. The molecule has 10 nitrogen and oxygen atoms in total. The Kier molecular flexibility index (Phi) is 5.42. The molecule has 4 aromatic rings. The van der Waals surface area contributed by atoms with Crippen LogP contribution in [0.5, 0.6) is 0 Å². The maximum absolute atomic E-state index is 12.0. The number of aliphatic hydroxyl groups is 1. The number of aromatic nitrogens is 4. The lowest BCUT2D eigenvalue weighted by Crippen LogP contribution is -2.18. The monoisotopic (exact) mass is 458 g/mol. The van der Waals surface area contributed by atoms with E-state index in [-0.39, 0.29) is 18.6 Å². The van der Waals surface area contributed by atoms with Crippen LogP contribution in [0.4, 0.5) is 17.3 Å². The first-order valence-electron chi connectivity index (χ1n) is 10.7. The van der Waals surface area contributed by atoms with Crippen LogP contribution in [0.1, 0.15) is 41.5 Å². The zero-order valence-corrected chi connectivity index (χ0v) is 18.5. The van der Waals surface area contributed by atoms with Gasteiger partial charge in [0.15, 0.2) is 0 Å². The summed E-state index contributed by atoms with van der Waals surface area (Å²) in [5, 5.41) is 24.3. The molecule has 10 heteroatoms. The van der Waals surface area contributed by atoms with Crippen molar-refractivity contribution in [3.8, 4) is 11.5 Å². The lowest BCUT2D eigenvalue weighted by Gasteiger charge is -2.20. The quantitative estimate of drug-likeness (QED) is 0.351. The SMILES string of the molecule is CC1(C)OC(=O)c2ccc(Nc3cc(N[C@H](CO)c4ccccc4)c(-c4nnco4)cn3)nc21. The standard InChI is InChI=1S/C24H22N6O4/c1-24(2)21-15(23(32)34-24)8-9-19(29-21)28-20-10-17(16(11-25-20)22-30-26-13-33-22)27-18(12-31)14-6-4-3-5-7-14/h3-11,13,18,31H,12H2,1-2H3,(H2,25,27,28,29)/t18-/m1/s1. The summed E-state index contributed by atoms with van der Waals surface area (Å²) < 4.78 is 10.8. The number of nitrogens with one attached hydrogen (secondary N) is 2. The van der Waals surface area contributed by atoms with Crippen LogP contribution in [0.15, 0.2) is 65.5 Å². The summed E-state index contributed by atoms with van der Waals surface area (Å²) in [5.74, 6) is 0.907. The number of carbonyl (C=O) groups excluding carboxylic acids is 1. The molecule has 4 heterocycles. The molecule has 1 atom stereocenters. The number of hydrogen-bond acceptors (Lipinski definition) is 10. The number of fused-ring (bicyclic) bond motifs is 1. The molecule has 0 aliphatic carbocycles. The third-order valence-electron chi connectivity index (χ3n) is 5.50. The van der Waals surface area contributed by atoms with Gasteiger partial charge in [0.2, 0.25) is 6.39 Å². The Morgan fingerprint density at radius 1 is 1.09 bits per heavy atom. The summed E-state index contributed by atoms with van der Waals surface area (Å²) in [6.45, 7) is 3.46. The van der Waals surface area contributed by atoms with E-state index in [1.165, 1.54) is 6.39 Å². The molecule has 3 N–H and O–H groups in total. The second-order valence-corrected chi connectivity index (χ2v) is 8.27. The molecule has 0 radical (unpaired) electrons. The van der Waals surface area contributed by atoms with Crippen LogP contribution >= 0.6 is 0 Å². The van der Waals surface area contributed by atoms with E-state index in [4.69, 9.17) is 9.15 Å². The van der Waals surface area contributed by atoms with E-state index in [2.05, 4.69) is 30.8 Å². The first kappa shape index (κ1) is 21.5.